The van der Waals surface area contributed by atoms with E-state index in [-0.39, 0.29) is 23.0 Å². The maximum Gasteiger partial charge on any atom is 0.337 e. The molecule has 0 radical (unpaired) electrons. The van der Waals surface area contributed by atoms with Crippen molar-refractivity contribution < 1.29 is 32.9 Å². The molecule has 48 heavy (non-hydrogen) atoms. The predicted octanol–water partition coefficient (Wildman–Crippen LogP) is 8.52. The summed E-state index contributed by atoms with van der Waals surface area (Å²) in [6.07, 6.45) is 4.41. The van der Waals surface area contributed by atoms with Crippen molar-refractivity contribution in [3.05, 3.63) is 71.4 Å². The van der Waals surface area contributed by atoms with Gasteiger partial charge in [0.15, 0.2) is 17.7 Å². The van der Waals surface area contributed by atoms with Gasteiger partial charge >= 0.3 is 5.97 Å². The van der Waals surface area contributed by atoms with Crippen LogP contribution in [0.25, 0.3) is 28.0 Å². The zero-order valence-electron chi connectivity index (χ0n) is 28.6. The molecular formula is C38H45F2N3O5. The number of ether oxygens (including phenoxy) is 3. The molecule has 0 spiro atoms. The number of hydrogen-bond acceptors (Lipinski definition) is 6. The number of fused-ring (bicyclic) bond motifs is 8. The fourth-order valence-electron chi connectivity index (χ4n) is 6.81. The highest BCUT2D eigenvalue weighted by Crippen LogP contribution is 2.41. The van der Waals surface area contributed by atoms with Gasteiger partial charge in [0.1, 0.15) is 17.2 Å². The molecule has 6 bridgehead atoms. The summed E-state index contributed by atoms with van der Waals surface area (Å²) in [6, 6.07) is 11.6. The molecule has 1 N–H and O–H groups in total. The standard InChI is InChI=1S/C38H45F2N3O5/c1-23-20-30-41-28-22-43(30)35(31(23)34(36(44)45)48-37(3,4)5)42-17-15-38(6,16-18-42)46-19-8-7-10-24(2)47-29-14-13-27(39)33(40)32(29)26-12-9-11-25(28)21-26/h9,11-14,20-22,24,34H,7-8,10,15-19H2,1-6H3,(H,44,45)/t24-,34-/m0/s1. The van der Waals surface area contributed by atoms with Crippen molar-refractivity contribution in [2.45, 2.75) is 97.1 Å². The monoisotopic (exact) mass is 661 g/mol. The number of rotatable bonds is 3. The first-order chi connectivity index (χ1) is 22.7. The molecule has 2 aromatic heterocycles. The van der Waals surface area contributed by atoms with Gasteiger partial charge in [-0.2, -0.15) is 0 Å². The third-order valence-corrected chi connectivity index (χ3v) is 9.34. The Balaban J connectivity index is 1.55. The van der Waals surface area contributed by atoms with Crippen molar-refractivity contribution in [1.82, 2.24) is 9.38 Å². The minimum Gasteiger partial charge on any atom is -0.490 e. The van der Waals surface area contributed by atoms with Gasteiger partial charge in [0.05, 0.1) is 28.6 Å². The molecule has 7 rings (SSSR count). The lowest BCUT2D eigenvalue weighted by Gasteiger charge is -2.41. The summed E-state index contributed by atoms with van der Waals surface area (Å²) >= 11 is 0. The molecule has 0 aliphatic carbocycles. The molecular weight excluding hydrogens is 616 g/mol. The first-order valence-corrected chi connectivity index (χ1v) is 16.8. The topological polar surface area (TPSA) is 85.5 Å². The SMILES string of the molecule is Cc1cc2nc3cn2c(c1[C@H](OC(C)(C)C)C(=O)O)N1CCC(C)(CC1)OCCCC[C@H](C)Oc1ccc(F)c(F)c1-c1cccc-3c1. The van der Waals surface area contributed by atoms with Gasteiger partial charge in [0.25, 0.3) is 0 Å². The van der Waals surface area contributed by atoms with E-state index >= 15 is 4.39 Å². The van der Waals surface area contributed by atoms with Crippen LogP contribution >= 0.6 is 0 Å². The molecule has 0 unspecified atom stereocenters. The fraction of sp³-hybridized carbons (Fsp3) is 0.474. The van der Waals surface area contributed by atoms with E-state index in [1.165, 1.54) is 6.07 Å². The first kappa shape index (κ1) is 33.9. The van der Waals surface area contributed by atoms with Crippen LogP contribution in [0.1, 0.15) is 84.0 Å². The number of piperidine rings is 1. The second kappa shape index (κ2) is 13.1. The number of aryl methyl sites for hydroxylation is 1. The number of aliphatic carboxylic acids is 1. The van der Waals surface area contributed by atoms with Crippen LogP contribution in [0.15, 0.2) is 48.7 Å². The van der Waals surface area contributed by atoms with Crippen LogP contribution in [0.5, 0.6) is 5.75 Å². The van der Waals surface area contributed by atoms with Gasteiger partial charge in [-0.15, -0.1) is 0 Å². The van der Waals surface area contributed by atoms with Crippen LogP contribution < -0.4 is 9.64 Å². The summed E-state index contributed by atoms with van der Waals surface area (Å²) in [6.45, 7) is 13.4. The summed E-state index contributed by atoms with van der Waals surface area (Å²) in [4.78, 5) is 20.0. The number of halogens is 2. The maximum atomic E-state index is 15.5. The van der Waals surface area contributed by atoms with E-state index < -0.39 is 29.3 Å². The molecule has 256 valence electrons. The molecule has 10 heteroatoms. The van der Waals surface area contributed by atoms with Crippen LogP contribution in [0, 0.1) is 18.6 Å². The highest BCUT2D eigenvalue weighted by Gasteiger charge is 2.37. The highest BCUT2D eigenvalue weighted by molar-refractivity contribution is 5.80. The maximum absolute atomic E-state index is 15.5. The third kappa shape index (κ3) is 6.91. The molecule has 4 aromatic rings. The largest absolute Gasteiger partial charge is 0.490 e. The van der Waals surface area contributed by atoms with Gasteiger partial charge in [-0.3, -0.25) is 4.40 Å². The van der Waals surface area contributed by atoms with E-state index in [4.69, 9.17) is 19.2 Å². The minimum atomic E-state index is -1.22. The van der Waals surface area contributed by atoms with Crippen molar-refractivity contribution in [2.24, 2.45) is 0 Å². The van der Waals surface area contributed by atoms with Gasteiger partial charge in [0, 0.05) is 37.0 Å². The molecule has 3 aliphatic rings. The molecule has 8 nitrogen and oxygen atoms in total. The van der Waals surface area contributed by atoms with Crippen LogP contribution in [0.2, 0.25) is 0 Å². The molecule has 0 amide bonds. The number of hydrogen-bond donors (Lipinski definition) is 1. The number of aromatic nitrogens is 2. The summed E-state index contributed by atoms with van der Waals surface area (Å²) in [5, 5.41) is 10.5. The summed E-state index contributed by atoms with van der Waals surface area (Å²) in [5.74, 6) is -2.00. The molecule has 2 atom stereocenters. The van der Waals surface area contributed by atoms with Crippen LogP contribution in [0.3, 0.4) is 0 Å². The number of pyridine rings is 1. The van der Waals surface area contributed by atoms with E-state index in [9.17, 15) is 14.3 Å². The Labute approximate surface area is 280 Å². The zero-order valence-corrected chi connectivity index (χ0v) is 28.6. The molecule has 1 saturated heterocycles. The van der Waals surface area contributed by atoms with Crippen LogP contribution in [0.4, 0.5) is 14.6 Å². The fourth-order valence-corrected chi connectivity index (χ4v) is 6.81. The van der Waals surface area contributed by atoms with Gasteiger partial charge in [-0.05, 0) is 109 Å². The van der Waals surface area contributed by atoms with E-state index in [0.29, 0.717) is 53.5 Å². The second-order valence-corrected chi connectivity index (χ2v) is 14.4. The van der Waals surface area contributed by atoms with E-state index in [2.05, 4.69) is 11.8 Å². The number of nitrogens with zero attached hydrogens (tertiary/aromatic N) is 3. The first-order valence-electron chi connectivity index (χ1n) is 16.8. The lowest BCUT2D eigenvalue weighted by atomic mass is 9.92. The van der Waals surface area contributed by atoms with Crippen molar-refractivity contribution in [3.8, 4) is 28.1 Å². The normalized spacial score (nSPS) is 21.2. The van der Waals surface area contributed by atoms with Crippen molar-refractivity contribution in [3.63, 3.8) is 0 Å². The minimum absolute atomic E-state index is 0.0593. The number of anilines is 1. The van der Waals surface area contributed by atoms with E-state index in [0.717, 1.165) is 43.7 Å². The Morgan fingerprint density at radius 1 is 1.10 bits per heavy atom. The molecule has 2 aromatic carbocycles. The molecule has 3 aliphatic heterocycles. The van der Waals surface area contributed by atoms with Gasteiger partial charge in [0.2, 0.25) is 0 Å². The number of carbonyl (C=O) groups is 1. The Morgan fingerprint density at radius 3 is 2.54 bits per heavy atom. The number of benzene rings is 2. The van der Waals surface area contributed by atoms with E-state index in [1.54, 1.807) is 18.2 Å². The lowest BCUT2D eigenvalue weighted by Crippen LogP contribution is -2.45. The average molecular weight is 662 g/mol. The van der Waals surface area contributed by atoms with Crippen molar-refractivity contribution in [1.29, 1.82) is 0 Å². The number of carboxylic acid groups (broad SMARTS) is 1. The Kier molecular flexibility index (Phi) is 9.26. The lowest BCUT2D eigenvalue weighted by molar-refractivity contribution is -0.160. The van der Waals surface area contributed by atoms with Crippen LogP contribution in [-0.4, -0.2) is 57.5 Å². The van der Waals surface area contributed by atoms with Gasteiger partial charge < -0.3 is 24.2 Å². The third-order valence-electron chi connectivity index (χ3n) is 9.34. The zero-order chi connectivity index (χ0) is 34.4. The van der Waals surface area contributed by atoms with E-state index in [1.807, 2.05) is 57.3 Å². The Morgan fingerprint density at radius 2 is 1.83 bits per heavy atom. The van der Waals surface area contributed by atoms with Crippen molar-refractivity contribution in [2.75, 3.05) is 24.6 Å². The summed E-state index contributed by atoms with van der Waals surface area (Å²) in [7, 11) is 0. The van der Waals surface area contributed by atoms with Crippen molar-refractivity contribution >= 4 is 17.4 Å². The summed E-state index contributed by atoms with van der Waals surface area (Å²) in [5.41, 5.74) is 2.74. The van der Waals surface area contributed by atoms with Gasteiger partial charge in [-0.1, -0.05) is 18.2 Å². The highest BCUT2D eigenvalue weighted by atomic mass is 19.2. The Bertz CT molecular complexity index is 1820. The predicted molar refractivity (Wildman–Crippen MR) is 182 cm³/mol. The second-order valence-electron chi connectivity index (χ2n) is 14.4. The molecule has 1 fully saturated rings. The van der Waals surface area contributed by atoms with Gasteiger partial charge in [-0.25, -0.2) is 18.6 Å². The number of carboxylic acids is 1. The van der Waals surface area contributed by atoms with Crippen LogP contribution in [-0.2, 0) is 14.3 Å². The average Bonchev–Trinajstić information content (AvgIpc) is 3.44. The quantitative estimate of drug-likeness (QED) is 0.236. The summed E-state index contributed by atoms with van der Waals surface area (Å²) < 4.78 is 51.0. The number of imidazole rings is 1. The smallest absolute Gasteiger partial charge is 0.337 e. The Hall–Kier alpha value is -4.02. The molecule has 5 heterocycles. The molecule has 0 saturated carbocycles.